The lowest BCUT2D eigenvalue weighted by Gasteiger charge is -2.35. The third-order valence-corrected chi connectivity index (χ3v) is 5.71. The van der Waals surface area contributed by atoms with Gasteiger partial charge in [-0.05, 0) is 50.1 Å². The summed E-state index contributed by atoms with van der Waals surface area (Å²) in [5.74, 6) is 1.62. The van der Waals surface area contributed by atoms with E-state index in [4.69, 9.17) is 4.74 Å². The van der Waals surface area contributed by atoms with Crippen LogP contribution in [0.2, 0.25) is 0 Å². The van der Waals surface area contributed by atoms with Crippen LogP contribution < -0.4 is 9.64 Å². The van der Waals surface area contributed by atoms with Gasteiger partial charge in [0, 0.05) is 31.7 Å². The minimum Gasteiger partial charge on any atom is -0.484 e. The number of hydrogen-bond acceptors (Lipinski definition) is 5. The second-order valence-electron chi connectivity index (χ2n) is 8.02. The highest BCUT2D eigenvalue weighted by molar-refractivity contribution is 5.78. The zero-order valence-electron chi connectivity index (χ0n) is 18.3. The van der Waals surface area contributed by atoms with Crippen LogP contribution in [0.3, 0.4) is 0 Å². The van der Waals surface area contributed by atoms with E-state index in [0.29, 0.717) is 13.1 Å². The standard InChI is InChI=1S/C25H28N4O2/c1-18-8-10-23(20(3)16-18)31-17-25(30)29-14-12-28(13-15-29)24-11-9-22(26-27-24)21-7-5-4-6-19(21)2/h4-11,16H,12-15,17H2,1-3H3. The highest BCUT2D eigenvalue weighted by atomic mass is 16.5. The number of ether oxygens (including phenoxy) is 1. The summed E-state index contributed by atoms with van der Waals surface area (Å²) in [5.41, 5.74) is 5.38. The summed E-state index contributed by atoms with van der Waals surface area (Å²) in [5, 5.41) is 8.85. The van der Waals surface area contributed by atoms with E-state index >= 15 is 0 Å². The predicted molar refractivity (Wildman–Crippen MR) is 122 cm³/mol. The number of hydrogen-bond donors (Lipinski definition) is 0. The van der Waals surface area contributed by atoms with Gasteiger partial charge >= 0.3 is 0 Å². The molecule has 6 nitrogen and oxygen atoms in total. The molecule has 6 heteroatoms. The van der Waals surface area contributed by atoms with E-state index in [-0.39, 0.29) is 12.5 Å². The number of aryl methyl sites for hydroxylation is 3. The minimum atomic E-state index is 0.0145. The first-order valence-electron chi connectivity index (χ1n) is 10.6. The summed E-state index contributed by atoms with van der Waals surface area (Å²) in [6, 6.07) is 18.2. The number of benzene rings is 2. The summed E-state index contributed by atoms with van der Waals surface area (Å²) in [7, 11) is 0. The van der Waals surface area contributed by atoms with Crippen molar-refractivity contribution in [2.45, 2.75) is 20.8 Å². The molecule has 1 aliphatic heterocycles. The fourth-order valence-corrected chi connectivity index (χ4v) is 3.87. The Kier molecular flexibility index (Phi) is 6.16. The lowest BCUT2D eigenvalue weighted by Crippen LogP contribution is -2.50. The largest absolute Gasteiger partial charge is 0.484 e. The van der Waals surface area contributed by atoms with E-state index in [1.807, 2.05) is 55.1 Å². The van der Waals surface area contributed by atoms with Gasteiger partial charge in [0.05, 0.1) is 5.69 Å². The first kappa shape index (κ1) is 20.8. The highest BCUT2D eigenvalue weighted by Gasteiger charge is 2.22. The molecular formula is C25H28N4O2. The Morgan fingerprint density at radius 3 is 2.35 bits per heavy atom. The van der Waals surface area contributed by atoms with Crippen LogP contribution in [-0.4, -0.2) is 53.8 Å². The van der Waals surface area contributed by atoms with Crippen molar-refractivity contribution in [1.29, 1.82) is 0 Å². The molecule has 1 aliphatic rings. The van der Waals surface area contributed by atoms with Crippen molar-refractivity contribution < 1.29 is 9.53 Å². The monoisotopic (exact) mass is 416 g/mol. The average Bonchev–Trinajstić information content (AvgIpc) is 2.79. The van der Waals surface area contributed by atoms with Gasteiger partial charge in [0.2, 0.25) is 0 Å². The summed E-state index contributed by atoms with van der Waals surface area (Å²) < 4.78 is 5.76. The third-order valence-electron chi connectivity index (χ3n) is 5.71. The van der Waals surface area contributed by atoms with Crippen LogP contribution in [0.1, 0.15) is 16.7 Å². The fourth-order valence-electron chi connectivity index (χ4n) is 3.87. The smallest absolute Gasteiger partial charge is 0.260 e. The summed E-state index contributed by atoms with van der Waals surface area (Å²) in [6.45, 7) is 8.94. The van der Waals surface area contributed by atoms with Crippen molar-refractivity contribution >= 4 is 11.7 Å². The zero-order chi connectivity index (χ0) is 21.8. The molecule has 1 aromatic heterocycles. The minimum absolute atomic E-state index is 0.0145. The number of carbonyl (C=O) groups excluding carboxylic acids is 1. The molecule has 0 unspecified atom stereocenters. The van der Waals surface area contributed by atoms with E-state index in [1.54, 1.807) is 0 Å². The summed E-state index contributed by atoms with van der Waals surface area (Å²) >= 11 is 0. The van der Waals surface area contributed by atoms with Crippen LogP contribution in [0, 0.1) is 20.8 Å². The van der Waals surface area contributed by atoms with Crippen molar-refractivity contribution in [3.63, 3.8) is 0 Å². The molecule has 1 fully saturated rings. The molecule has 0 bridgehead atoms. The van der Waals surface area contributed by atoms with Gasteiger partial charge in [-0.15, -0.1) is 10.2 Å². The number of aromatic nitrogens is 2. The molecule has 0 N–H and O–H groups in total. The molecule has 3 aromatic rings. The Labute approximate surface area is 183 Å². The van der Waals surface area contributed by atoms with Crippen molar-refractivity contribution in [2.75, 3.05) is 37.7 Å². The Hall–Kier alpha value is -3.41. The van der Waals surface area contributed by atoms with Gasteiger partial charge in [-0.1, -0.05) is 42.0 Å². The number of anilines is 1. The topological polar surface area (TPSA) is 58.6 Å². The summed E-state index contributed by atoms with van der Waals surface area (Å²) in [6.07, 6.45) is 0. The first-order chi connectivity index (χ1) is 15.0. The van der Waals surface area contributed by atoms with E-state index in [0.717, 1.165) is 41.5 Å². The highest BCUT2D eigenvalue weighted by Crippen LogP contribution is 2.22. The van der Waals surface area contributed by atoms with Gasteiger partial charge in [0.15, 0.2) is 12.4 Å². The van der Waals surface area contributed by atoms with E-state index < -0.39 is 0 Å². The van der Waals surface area contributed by atoms with Crippen molar-refractivity contribution in [3.05, 3.63) is 71.3 Å². The molecule has 1 saturated heterocycles. The normalized spacial score (nSPS) is 13.9. The molecule has 0 spiro atoms. The van der Waals surface area contributed by atoms with E-state index in [9.17, 15) is 4.79 Å². The lowest BCUT2D eigenvalue weighted by molar-refractivity contribution is -0.133. The Morgan fingerprint density at radius 2 is 1.68 bits per heavy atom. The van der Waals surface area contributed by atoms with E-state index in [1.165, 1.54) is 11.1 Å². The maximum atomic E-state index is 12.6. The zero-order valence-corrected chi connectivity index (χ0v) is 18.3. The molecule has 160 valence electrons. The maximum absolute atomic E-state index is 12.6. The SMILES string of the molecule is Cc1ccc(OCC(=O)N2CCN(c3ccc(-c4ccccc4C)nn3)CC2)c(C)c1. The van der Waals surface area contributed by atoms with Gasteiger partial charge < -0.3 is 14.5 Å². The van der Waals surface area contributed by atoms with Crippen LogP contribution in [0.15, 0.2) is 54.6 Å². The molecule has 2 aromatic carbocycles. The van der Waals surface area contributed by atoms with Crippen molar-refractivity contribution in [2.24, 2.45) is 0 Å². The Balaban J connectivity index is 1.31. The van der Waals surface area contributed by atoms with Crippen LogP contribution in [-0.2, 0) is 4.79 Å². The Morgan fingerprint density at radius 1 is 0.903 bits per heavy atom. The first-order valence-corrected chi connectivity index (χ1v) is 10.6. The van der Waals surface area contributed by atoms with Gasteiger partial charge in [0.25, 0.3) is 5.91 Å². The third kappa shape index (κ3) is 4.85. The van der Waals surface area contributed by atoms with E-state index in [2.05, 4.69) is 40.2 Å². The molecule has 0 atom stereocenters. The van der Waals surface area contributed by atoms with Crippen molar-refractivity contribution in [1.82, 2.24) is 15.1 Å². The van der Waals surface area contributed by atoms with Crippen molar-refractivity contribution in [3.8, 4) is 17.0 Å². The molecule has 2 heterocycles. The molecule has 31 heavy (non-hydrogen) atoms. The van der Waals surface area contributed by atoms with Gasteiger partial charge in [0.1, 0.15) is 5.75 Å². The number of amides is 1. The summed E-state index contributed by atoms with van der Waals surface area (Å²) in [4.78, 5) is 16.6. The van der Waals surface area contributed by atoms with Gasteiger partial charge in [-0.25, -0.2) is 0 Å². The maximum Gasteiger partial charge on any atom is 0.260 e. The van der Waals surface area contributed by atoms with Crippen LogP contribution in [0.25, 0.3) is 11.3 Å². The molecule has 1 amide bonds. The van der Waals surface area contributed by atoms with Crippen LogP contribution in [0.5, 0.6) is 5.75 Å². The second-order valence-corrected chi connectivity index (χ2v) is 8.02. The number of carbonyl (C=O) groups is 1. The average molecular weight is 417 g/mol. The Bertz CT molecular complexity index is 1060. The van der Waals surface area contributed by atoms with Gasteiger partial charge in [-0.2, -0.15) is 0 Å². The molecule has 4 rings (SSSR count). The molecule has 0 saturated carbocycles. The van der Waals surface area contributed by atoms with Gasteiger partial charge in [-0.3, -0.25) is 4.79 Å². The van der Waals surface area contributed by atoms with Crippen LogP contribution >= 0.6 is 0 Å². The second kappa shape index (κ2) is 9.16. The molecular weight excluding hydrogens is 388 g/mol. The molecule has 0 radical (unpaired) electrons. The molecule has 0 aliphatic carbocycles. The number of nitrogens with zero attached hydrogens (tertiary/aromatic N) is 4. The fraction of sp³-hybridized carbons (Fsp3) is 0.320. The number of piperazine rings is 1. The lowest BCUT2D eigenvalue weighted by atomic mass is 10.1. The predicted octanol–water partition coefficient (Wildman–Crippen LogP) is 3.80. The quantitative estimate of drug-likeness (QED) is 0.633. The van der Waals surface area contributed by atoms with Crippen LogP contribution in [0.4, 0.5) is 5.82 Å². The number of rotatable bonds is 5.